The Hall–Kier alpha value is 0.0900. The van der Waals surface area contributed by atoms with Gasteiger partial charge in [-0.1, -0.05) is 22.9 Å². The van der Waals surface area contributed by atoms with Crippen molar-refractivity contribution in [3.8, 4) is 0 Å². The van der Waals surface area contributed by atoms with Crippen LogP contribution in [0.15, 0.2) is 4.47 Å². The van der Waals surface area contributed by atoms with E-state index in [1.165, 1.54) is 41.9 Å². The fourth-order valence-corrected chi connectivity index (χ4v) is 3.97. The summed E-state index contributed by atoms with van der Waals surface area (Å²) in [6.45, 7) is 9.01. The van der Waals surface area contributed by atoms with E-state index >= 15 is 0 Å². The van der Waals surface area contributed by atoms with E-state index in [-0.39, 0.29) is 0 Å². The molecule has 0 N–H and O–H groups in total. The molecular weight excluding hydrogens is 384 g/mol. The first kappa shape index (κ1) is 16.5. The average Bonchev–Trinajstić information content (AvgIpc) is 2.61. The second kappa shape index (κ2) is 7.92. The van der Waals surface area contributed by atoms with E-state index in [9.17, 15) is 0 Å². The Morgan fingerprint density at radius 2 is 1.85 bits per heavy atom. The minimum atomic E-state index is 0.980. The number of aryl methyl sites for hydroxylation is 2. The van der Waals surface area contributed by atoms with E-state index in [0.717, 1.165) is 31.4 Å². The Balaban J connectivity index is 1.98. The van der Waals surface area contributed by atoms with Crippen molar-refractivity contribution in [2.24, 2.45) is 7.05 Å². The maximum Gasteiger partial charge on any atom is 0.0767 e. The van der Waals surface area contributed by atoms with Crippen LogP contribution >= 0.6 is 31.9 Å². The molecule has 1 aromatic rings. The Morgan fingerprint density at radius 3 is 2.50 bits per heavy atom. The predicted octanol–water partition coefficient (Wildman–Crippen LogP) is 2.65. The summed E-state index contributed by atoms with van der Waals surface area (Å²) in [6, 6.07) is 0. The molecule has 1 aliphatic rings. The number of halogens is 2. The summed E-state index contributed by atoms with van der Waals surface area (Å²) in [5.74, 6) is 0. The van der Waals surface area contributed by atoms with Gasteiger partial charge in [0.05, 0.1) is 15.9 Å². The van der Waals surface area contributed by atoms with Crippen molar-refractivity contribution >= 4 is 31.9 Å². The number of nitrogens with zero attached hydrogens (tertiary/aromatic N) is 4. The van der Waals surface area contributed by atoms with E-state index in [1.54, 1.807) is 0 Å². The molecule has 0 saturated carbocycles. The van der Waals surface area contributed by atoms with Crippen LogP contribution in [-0.2, 0) is 20.0 Å². The first-order chi connectivity index (χ1) is 9.65. The Labute approximate surface area is 138 Å². The number of hydrogen-bond acceptors (Lipinski definition) is 3. The van der Waals surface area contributed by atoms with Gasteiger partial charge in [0.25, 0.3) is 0 Å². The Kier molecular flexibility index (Phi) is 6.52. The zero-order chi connectivity index (χ0) is 14.5. The van der Waals surface area contributed by atoms with Gasteiger partial charge in [-0.2, -0.15) is 5.10 Å². The zero-order valence-corrected chi connectivity index (χ0v) is 15.6. The maximum atomic E-state index is 4.59. The Bertz CT molecular complexity index is 433. The van der Waals surface area contributed by atoms with E-state index in [1.807, 2.05) is 11.7 Å². The molecule has 20 heavy (non-hydrogen) atoms. The molecule has 0 atom stereocenters. The zero-order valence-electron chi connectivity index (χ0n) is 12.4. The highest BCUT2D eigenvalue weighted by Gasteiger charge is 2.18. The van der Waals surface area contributed by atoms with Crippen LogP contribution in [0.4, 0.5) is 0 Å². The lowest BCUT2D eigenvalue weighted by molar-refractivity contribution is 0.253. The molecular formula is C14H24Br2N4. The molecule has 0 aliphatic carbocycles. The maximum absolute atomic E-state index is 4.59. The van der Waals surface area contributed by atoms with Crippen LogP contribution in [0.3, 0.4) is 0 Å². The van der Waals surface area contributed by atoms with Crippen LogP contribution in [0.5, 0.6) is 0 Å². The topological polar surface area (TPSA) is 24.3 Å². The second-order valence-corrected chi connectivity index (χ2v) is 6.93. The summed E-state index contributed by atoms with van der Waals surface area (Å²) in [7, 11) is 2.05. The van der Waals surface area contributed by atoms with Gasteiger partial charge >= 0.3 is 0 Å². The lowest BCUT2D eigenvalue weighted by atomic mass is 10.3. The smallest absolute Gasteiger partial charge is 0.0767 e. The van der Waals surface area contributed by atoms with Crippen molar-refractivity contribution < 1.29 is 0 Å². The largest absolute Gasteiger partial charge is 0.301 e. The summed E-state index contributed by atoms with van der Waals surface area (Å²) >= 11 is 7.25. The van der Waals surface area contributed by atoms with Crippen molar-refractivity contribution in [1.82, 2.24) is 19.6 Å². The first-order valence-electron chi connectivity index (χ1n) is 7.36. The fraction of sp³-hybridized carbons (Fsp3) is 0.786. The van der Waals surface area contributed by atoms with Crippen LogP contribution in [0, 0.1) is 0 Å². The molecule has 6 heteroatoms. The molecule has 0 unspecified atom stereocenters. The normalized spacial score (nSPS) is 18.4. The van der Waals surface area contributed by atoms with Gasteiger partial charge in [-0.05, 0) is 41.9 Å². The fourth-order valence-electron chi connectivity index (χ4n) is 2.73. The lowest BCUT2D eigenvalue weighted by Gasteiger charge is -2.21. The van der Waals surface area contributed by atoms with Crippen LogP contribution < -0.4 is 0 Å². The van der Waals surface area contributed by atoms with E-state index in [4.69, 9.17) is 0 Å². The lowest BCUT2D eigenvalue weighted by Crippen LogP contribution is -2.32. The van der Waals surface area contributed by atoms with Crippen molar-refractivity contribution in [2.75, 3.05) is 38.1 Å². The van der Waals surface area contributed by atoms with E-state index in [2.05, 4.69) is 53.7 Å². The second-order valence-electron chi connectivity index (χ2n) is 5.34. The van der Waals surface area contributed by atoms with Gasteiger partial charge in [0.1, 0.15) is 0 Å². The molecule has 0 bridgehead atoms. The van der Waals surface area contributed by atoms with Gasteiger partial charge < -0.3 is 4.90 Å². The quantitative estimate of drug-likeness (QED) is 0.701. The van der Waals surface area contributed by atoms with Crippen LogP contribution in [0.1, 0.15) is 24.7 Å². The molecule has 0 amide bonds. The molecule has 0 spiro atoms. The minimum Gasteiger partial charge on any atom is -0.301 e. The predicted molar refractivity (Wildman–Crippen MR) is 90.4 cm³/mol. The molecule has 2 rings (SSSR count). The van der Waals surface area contributed by atoms with Gasteiger partial charge in [-0.3, -0.25) is 9.58 Å². The number of hydrogen-bond donors (Lipinski definition) is 0. The third-order valence-electron chi connectivity index (χ3n) is 3.96. The van der Waals surface area contributed by atoms with Gasteiger partial charge in [0.2, 0.25) is 0 Å². The number of alkyl halides is 1. The Morgan fingerprint density at radius 1 is 1.15 bits per heavy atom. The highest BCUT2D eigenvalue weighted by molar-refractivity contribution is 9.10. The van der Waals surface area contributed by atoms with Crippen molar-refractivity contribution in [3.63, 3.8) is 0 Å². The molecule has 1 fully saturated rings. The van der Waals surface area contributed by atoms with Crippen molar-refractivity contribution in [2.45, 2.75) is 26.3 Å². The van der Waals surface area contributed by atoms with E-state index < -0.39 is 0 Å². The van der Waals surface area contributed by atoms with Gasteiger partial charge in [-0.15, -0.1) is 0 Å². The van der Waals surface area contributed by atoms with Crippen LogP contribution in [0.25, 0.3) is 0 Å². The highest BCUT2D eigenvalue weighted by Crippen LogP contribution is 2.23. The number of aromatic nitrogens is 2. The average molecular weight is 408 g/mol. The first-order valence-corrected chi connectivity index (χ1v) is 9.28. The monoisotopic (exact) mass is 406 g/mol. The van der Waals surface area contributed by atoms with Gasteiger partial charge in [0, 0.05) is 38.6 Å². The molecule has 1 saturated heterocycles. The standard InChI is InChI=1S/C14H24Br2N4/c1-3-12-14(16)13(18(2)17-12)11-20-7-4-6-19(8-5-15)9-10-20/h3-11H2,1-2H3. The summed E-state index contributed by atoms with van der Waals surface area (Å²) < 4.78 is 3.23. The summed E-state index contributed by atoms with van der Waals surface area (Å²) in [6.07, 6.45) is 2.23. The summed E-state index contributed by atoms with van der Waals surface area (Å²) in [5.41, 5.74) is 2.47. The molecule has 1 aromatic heterocycles. The van der Waals surface area contributed by atoms with Gasteiger partial charge in [-0.25, -0.2) is 0 Å². The van der Waals surface area contributed by atoms with Crippen LogP contribution in [0.2, 0.25) is 0 Å². The minimum absolute atomic E-state index is 0.980. The van der Waals surface area contributed by atoms with E-state index in [0.29, 0.717) is 0 Å². The summed E-state index contributed by atoms with van der Waals surface area (Å²) in [4.78, 5) is 5.10. The molecule has 2 heterocycles. The van der Waals surface area contributed by atoms with Crippen LogP contribution in [-0.4, -0.2) is 57.6 Å². The molecule has 4 nitrogen and oxygen atoms in total. The third kappa shape index (κ3) is 4.06. The molecule has 0 radical (unpaired) electrons. The number of rotatable bonds is 5. The van der Waals surface area contributed by atoms with Gasteiger partial charge in [0.15, 0.2) is 0 Å². The third-order valence-corrected chi connectivity index (χ3v) is 5.23. The highest BCUT2D eigenvalue weighted by atomic mass is 79.9. The van der Waals surface area contributed by atoms with Crippen molar-refractivity contribution in [1.29, 1.82) is 0 Å². The summed E-state index contributed by atoms with van der Waals surface area (Å²) in [5, 5.41) is 5.66. The SMILES string of the molecule is CCc1nn(C)c(CN2CCCN(CCBr)CC2)c1Br. The molecule has 114 valence electrons. The molecule has 0 aromatic carbocycles. The molecule has 1 aliphatic heterocycles. The van der Waals surface area contributed by atoms with Crippen molar-refractivity contribution in [3.05, 3.63) is 15.9 Å².